The predicted octanol–water partition coefficient (Wildman–Crippen LogP) is 8.10. The maximum absolute atomic E-state index is 2.50. The highest BCUT2D eigenvalue weighted by atomic mass is 15.4. The molecule has 0 bridgehead atoms. The fourth-order valence-electron chi connectivity index (χ4n) is 4.34. The molecular weight excluding hydrogens is 352 g/mol. The van der Waals surface area contributed by atoms with E-state index in [4.69, 9.17) is 0 Å². The summed E-state index contributed by atoms with van der Waals surface area (Å²) in [5.41, 5.74) is 1.39. The van der Waals surface area contributed by atoms with Crippen LogP contribution in [0.2, 0.25) is 0 Å². The molecule has 0 spiro atoms. The average molecular weight is 399 g/mol. The fraction of sp³-hybridized carbons (Fsp3) is 0.704. The summed E-state index contributed by atoms with van der Waals surface area (Å²) >= 11 is 0. The molecule has 2 heteroatoms. The van der Waals surface area contributed by atoms with E-state index in [1.54, 1.807) is 0 Å². The van der Waals surface area contributed by atoms with E-state index in [0.717, 1.165) is 6.54 Å². The van der Waals surface area contributed by atoms with Crippen molar-refractivity contribution in [3.63, 3.8) is 0 Å². The van der Waals surface area contributed by atoms with Gasteiger partial charge in [-0.15, -0.1) is 0 Å². The third-order valence-corrected chi connectivity index (χ3v) is 6.39. The first-order valence-corrected chi connectivity index (χ1v) is 12.5. The van der Waals surface area contributed by atoms with E-state index in [9.17, 15) is 0 Å². The van der Waals surface area contributed by atoms with Crippen LogP contribution in [-0.2, 0) is 6.54 Å². The smallest absolute Gasteiger partial charge is 0.0981 e. The molecule has 0 saturated heterocycles. The van der Waals surface area contributed by atoms with Crippen LogP contribution in [0.1, 0.15) is 109 Å². The summed E-state index contributed by atoms with van der Waals surface area (Å²) in [6.45, 7) is 6.83. The van der Waals surface area contributed by atoms with Gasteiger partial charge in [-0.3, -0.25) is 0 Å². The Balaban J connectivity index is 1.39. The number of hydrogen-bond acceptors (Lipinski definition) is 2. The first-order valence-electron chi connectivity index (χ1n) is 12.5. The molecule has 0 aromatic heterocycles. The van der Waals surface area contributed by atoms with Gasteiger partial charge in [0.2, 0.25) is 0 Å². The van der Waals surface area contributed by atoms with Crippen molar-refractivity contribution in [1.29, 1.82) is 0 Å². The van der Waals surface area contributed by atoms with Gasteiger partial charge >= 0.3 is 0 Å². The number of rotatable bonds is 17. The molecule has 0 radical (unpaired) electrons. The van der Waals surface area contributed by atoms with Gasteiger partial charge in [0.1, 0.15) is 0 Å². The number of hydrogen-bond donors (Lipinski definition) is 0. The van der Waals surface area contributed by atoms with Crippen molar-refractivity contribution >= 4 is 0 Å². The second-order valence-electron chi connectivity index (χ2n) is 8.92. The lowest BCUT2D eigenvalue weighted by Crippen LogP contribution is -2.36. The SMILES string of the molecule is CCCCCCCCCCCCCCCCN1C=CN(Cc2ccccc2)C1C. The first kappa shape index (κ1) is 23.8. The summed E-state index contributed by atoms with van der Waals surface area (Å²) < 4.78 is 0. The van der Waals surface area contributed by atoms with E-state index in [2.05, 4.69) is 66.4 Å². The minimum atomic E-state index is 0.483. The average Bonchev–Trinajstić information content (AvgIpc) is 3.08. The van der Waals surface area contributed by atoms with E-state index in [1.165, 1.54) is 102 Å². The molecule has 2 nitrogen and oxygen atoms in total. The maximum atomic E-state index is 2.50. The van der Waals surface area contributed by atoms with Gasteiger partial charge in [0, 0.05) is 25.5 Å². The molecule has 29 heavy (non-hydrogen) atoms. The molecule has 0 saturated carbocycles. The molecular formula is C27H46N2. The second kappa shape index (κ2) is 15.4. The number of benzene rings is 1. The van der Waals surface area contributed by atoms with Gasteiger partial charge in [-0.25, -0.2) is 0 Å². The Morgan fingerprint density at radius 3 is 1.66 bits per heavy atom. The molecule has 164 valence electrons. The summed E-state index contributed by atoms with van der Waals surface area (Å²) in [6, 6.07) is 10.8. The third-order valence-electron chi connectivity index (χ3n) is 6.39. The largest absolute Gasteiger partial charge is 0.356 e. The molecule has 0 N–H and O–H groups in total. The molecule has 1 atom stereocenters. The minimum absolute atomic E-state index is 0.483. The van der Waals surface area contributed by atoms with Crippen LogP contribution in [0.4, 0.5) is 0 Å². The van der Waals surface area contributed by atoms with Crippen molar-refractivity contribution in [2.45, 2.75) is 116 Å². The second-order valence-corrected chi connectivity index (χ2v) is 8.92. The van der Waals surface area contributed by atoms with Gasteiger partial charge in [-0.2, -0.15) is 0 Å². The van der Waals surface area contributed by atoms with Gasteiger partial charge in [0.15, 0.2) is 0 Å². The number of nitrogens with zero attached hydrogens (tertiary/aromatic N) is 2. The van der Waals surface area contributed by atoms with Gasteiger partial charge in [0.05, 0.1) is 6.17 Å². The van der Waals surface area contributed by atoms with Crippen LogP contribution in [0.3, 0.4) is 0 Å². The topological polar surface area (TPSA) is 6.48 Å². The Kier molecular flexibility index (Phi) is 12.7. The lowest BCUT2D eigenvalue weighted by Gasteiger charge is -2.30. The molecule has 1 unspecified atom stereocenters. The quantitative estimate of drug-likeness (QED) is 0.244. The van der Waals surface area contributed by atoms with Gasteiger partial charge in [0.25, 0.3) is 0 Å². The van der Waals surface area contributed by atoms with Crippen molar-refractivity contribution in [2.75, 3.05) is 6.54 Å². The molecule has 0 amide bonds. The Bertz CT molecular complexity index is 525. The Morgan fingerprint density at radius 1 is 0.621 bits per heavy atom. The van der Waals surface area contributed by atoms with Crippen LogP contribution in [0.15, 0.2) is 42.7 Å². The van der Waals surface area contributed by atoms with Crippen LogP contribution in [0.25, 0.3) is 0 Å². The highest BCUT2D eigenvalue weighted by molar-refractivity contribution is 5.15. The lowest BCUT2D eigenvalue weighted by atomic mass is 10.0. The first-order chi connectivity index (χ1) is 14.3. The molecule has 1 aliphatic heterocycles. The molecule has 2 rings (SSSR count). The van der Waals surface area contributed by atoms with Gasteiger partial charge in [-0.1, -0.05) is 121 Å². The van der Waals surface area contributed by atoms with Crippen LogP contribution in [0.5, 0.6) is 0 Å². The van der Waals surface area contributed by atoms with E-state index in [-0.39, 0.29) is 0 Å². The van der Waals surface area contributed by atoms with E-state index < -0.39 is 0 Å². The monoisotopic (exact) mass is 398 g/mol. The van der Waals surface area contributed by atoms with E-state index >= 15 is 0 Å². The van der Waals surface area contributed by atoms with Crippen molar-refractivity contribution in [3.05, 3.63) is 48.3 Å². The predicted molar refractivity (Wildman–Crippen MR) is 128 cm³/mol. The molecule has 1 aromatic rings. The summed E-state index contributed by atoms with van der Waals surface area (Å²) in [7, 11) is 0. The zero-order valence-electron chi connectivity index (χ0n) is 19.3. The zero-order valence-corrected chi connectivity index (χ0v) is 19.3. The minimum Gasteiger partial charge on any atom is -0.356 e. The number of unbranched alkanes of at least 4 members (excludes halogenated alkanes) is 13. The molecule has 1 aliphatic rings. The Labute approximate surface area is 181 Å². The van der Waals surface area contributed by atoms with Crippen molar-refractivity contribution < 1.29 is 0 Å². The molecule has 1 heterocycles. The normalized spacial score (nSPS) is 16.1. The fourth-order valence-corrected chi connectivity index (χ4v) is 4.34. The van der Waals surface area contributed by atoms with Crippen LogP contribution in [0, 0.1) is 0 Å². The van der Waals surface area contributed by atoms with Crippen LogP contribution < -0.4 is 0 Å². The third kappa shape index (κ3) is 10.2. The van der Waals surface area contributed by atoms with E-state index in [0.29, 0.717) is 6.17 Å². The molecule has 0 aliphatic carbocycles. The molecule has 1 aromatic carbocycles. The Hall–Kier alpha value is -1.44. The summed E-state index contributed by atoms with van der Waals surface area (Å²) in [4.78, 5) is 4.95. The highest BCUT2D eigenvalue weighted by Crippen LogP contribution is 2.20. The van der Waals surface area contributed by atoms with Gasteiger partial charge in [-0.05, 0) is 18.9 Å². The highest BCUT2D eigenvalue weighted by Gasteiger charge is 2.21. The standard InChI is InChI=1S/C27H46N2/c1-3-4-5-6-7-8-9-10-11-12-13-14-15-19-22-28-23-24-29(26(28)2)25-27-20-17-16-18-21-27/h16-18,20-21,23-24,26H,3-15,19,22,25H2,1-2H3. The maximum Gasteiger partial charge on any atom is 0.0981 e. The summed E-state index contributed by atoms with van der Waals surface area (Å²) in [5, 5.41) is 0. The summed E-state index contributed by atoms with van der Waals surface area (Å²) in [5.74, 6) is 0. The van der Waals surface area contributed by atoms with Crippen molar-refractivity contribution in [1.82, 2.24) is 9.80 Å². The van der Waals surface area contributed by atoms with Crippen molar-refractivity contribution in [3.8, 4) is 0 Å². The summed E-state index contributed by atoms with van der Waals surface area (Å²) in [6.07, 6.45) is 25.0. The Morgan fingerprint density at radius 2 is 1.10 bits per heavy atom. The lowest BCUT2D eigenvalue weighted by molar-refractivity contribution is 0.162. The van der Waals surface area contributed by atoms with Gasteiger partial charge < -0.3 is 9.80 Å². The molecule has 0 fully saturated rings. The van der Waals surface area contributed by atoms with E-state index in [1.807, 2.05) is 0 Å². The van der Waals surface area contributed by atoms with Crippen LogP contribution >= 0.6 is 0 Å². The van der Waals surface area contributed by atoms with Crippen LogP contribution in [-0.4, -0.2) is 22.5 Å². The zero-order chi connectivity index (χ0) is 20.6. The van der Waals surface area contributed by atoms with Crippen molar-refractivity contribution in [2.24, 2.45) is 0 Å².